The molecule has 0 bridgehead atoms. The molecule has 0 aliphatic heterocycles. The van der Waals surface area contributed by atoms with Crippen LogP contribution in [0.5, 0.6) is 0 Å². The minimum Gasteiger partial charge on any atom is -0.444 e. The van der Waals surface area contributed by atoms with Crippen LogP contribution in [-0.2, 0) is 11.3 Å². The first kappa shape index (κ1) is 21.4. The molecule has 0 aliphatic carbocycles. The Morgan fingerprint density at radius 3 is 2.70 bits per heavy atom. The number of rotatable bonds is 5. The lowest BCUT2D eigenvalue weighted by atomic mass is 10.1. The van der Waals surface area contributed by atoms with Crippen LogP contribution in [0.15, 0.2) is 33.7 Å². The number of halogens is 2. The molecule has 1 aromatic carbocycles. The SMILES string of the molecule is CC(CC(O)Cn1ccc2cc(Br)c(F)cc2c1=O)NC(=O)OC(C)(C)C. The fourth-order valence-corrected chi connectivity index (χ4v) is 3.06. The largest absolute Gasteiger partial charge is 0.444 e. The van der Waals surface area contributed by atoms with Gasteiger partial charge in [0.05, 0.1) is 22.5 Å². The number of aromatic nitrogens is 1. The number of ether oxygens (including phenoxy) is 1. The lowest BCUT2D eigenvalue weighted by molar-refractivity contribution is 0.0486. The third-order valence-electron chi connectivity index (χ3n) is 3.81. The van der Waals surface area contributed by atoms with Crippen molar-refractivity contribution in [1.82, 2.24) is 9.88 Å². The Kier molecular flexibility index (Phi) is 6.64. The van der Waals surface area contributed by atoms with E-state index in [1.165, 1.54) is 10.6 Å². The third-order valence-corrected chi connectivity index (χ3v) is 4.42. The smallest absolute Gasteiger partial charge is 0.407 e. The third kappa shape index (κ3) is 6.04. The fourth-order valence-electron chi connectivity index (χ4n) is 2.70. The number of alkyl carbamates (subject to hydrolysis) is 1. The second kappa shape index (κ2) is 8.39. The minimum absolute atomic E-state index is 0.0345. The van der Waals surface area contributed by atoms with E-state index in [2.05, 4.69) is 21.2 Å². The summed E-state index contributed by atoms with van der Waals surface area (Å²) in [6.45, 7) is 7.06. The van der Waals surface area contributed by atoms with Crippen molar-refractivity contribution < 1.29 is 19.0 Å². The highest BCUT2D eigenvalue weighted by Gasteiger charge is 2.19. The number of nitrogens with one attached hydrogen (secondary N) is 1. The van der Waals surface area contributed by atoms with E-state index in [4.69, 9.17) is 4.74 Å². The fraction of sp³-hybridized carbons (Fsp3) is 0.474. The number of carbonyl (C=O) groups is 1. The lowest BCUT2D eigenvalue weighted by Gasteiger charge is -2.23. The molecule has 0 aliphatic rings. The quantitative estimate of drug-likeness (QED) is 0.741. The number of hydrogen-bond acceptors (Lipinski definition) is 4. The molecule has 0 radical (unpaired) electrons. The highest BCUT2D eigenvalue weighted by Crippen LogP contribution is 2.21. The Labute approximate surface area is 165 Å². The van der Waals surface area contributed by atoms with E-state index in [0.717, 1.165) is 0 Å². The summed E-state index contributed by atoms with van der Waals surface area (Å²) >= 11 is 3.10. The molecule has 2 N–H and O–H groups in total. The minimum atomic E-state index is -0.870. The van der Waals surface area contributed by atoms with Gasteiger partial charge in [-0.15, -0.1) is 0 Å². The summed E-state index contributed by atoms with van der Waals surface area (Å²) < 4.78 is 20.5. The summed E-state index contributed by atoms with van der Waals surface area (Å²) in [5, 5.41) is 13.8. The topological polar surface area (TPSA) is 80.6 Å². The second-order valence-corrected chi connectivity index (χ2v) is 8.42. The van der Waals surface area contributed by atoms with Crippen molar-refractivity contribution in [2.75, 3.05) is 0 Å². The zero-order chi connectivity index (χ0) is 20.4. The van der Waals surface area contributed by atoms with Crippen molar-refractivity contribution in [3.8, 4) is 0 Å². The normalized spacial score (nSPS) is 14.0. The first-order valence-electron chi connectivity index (χ1n) is 8.62. The molecule has 27 heavy (non-hydrogen) atoms. The van der Waals surface area contributed by atoms with Gasteiger partial charge in [-0.2, -0.15) is 0 Å². The van der Waals surface area contributed by atoms with Crippen LogP contribution in [0.4, 0.5) is 9.18 Å². The van der Waals surface area contributed by atoms with Crippen molar-refractivity contribution in [3.63, 3.8) is 0 Å². The molecule has 0 saturated heterocycles. The predicted molar refractivity (Wildman–Crippen MR) is 105 cm³/mol. The maximum absolute atomic E-state index is 13.7. The van der Waals surface area contributed by atoms with Crippen LogP contribution in [0.1, 0.15) is 34.1 Å². The Bertz CT molecular complexity index is 892. The van der Waals surface area contributed by atoms with Crippen molar-refractivity contribution in [3.05, 3.63) is 45.0 Å². The summed E-state index contributed by atoms with van der Waals surface area (Å²) in [4.78, 5) is 24.3. The average molecular weight is 443 g/mol. The number of nitrogens with zero attached hydrogens (tertiary/aromatic N) is 1. The molecular weight excluding hydrogens is 419 g/mol. The molecule has 2 rings (SSSR count). The number of aliphatic hydroxyl groups excluding tert-OH is 1. The summed E-state index contributed by atoms with van der Waals surface area (Å²) in [6, 6.07) is 4.06. The molecule has 2 unspecified atom stereocenters. The molecule has 1 aromatic heterocycles. The van der Waals surface area contributed by atoms with Gasteiger partial charge in [0.15, 0.2) is 0 Å². The first-order chi connectivity index (χ1) is 12.5. The predicted octanol–water partition coefficient (Wildman–Crippen LogP) is 3.57. The van der Waals surface area contributed by atoms with Gasteiger partial charge in [-0.3, -0.25) is 4.79 Å². The van der Waals surface area contributed by atoms with Crippen LogP contribution in [0.2, 0.25) is 0 Å². The van der Waals surface area contributed by atoms with Crippen LogP contribution in [0.3, 0.4) is 0 Å². The number of aliphatic hydroxyl groups is 1. The van der Waals surface area contributed by atoms with Gasteiger partial charge in [0.25, 0.3) is 5.56 Å². The lowest BCUT2D eigenvalue weighted by Crippen LogP contribution is -2.40. The first-order valence-corrected chi connectivity index (χ1v) is 9.41. The molecule has 0 saturated carbocycles. The number of amides is 1. The van der Waals surface area contributed by atoms with E-state index in [9.17, 15) is 19.1 Å². The van der Waals surface area contributed by atoms with E-state index < -0.39 is 23.6 Å². The van der Waals surface area contributed by atoms with Gasteiger partial charge >= 0.3 is 6.09 Å². The van der Waals surface area contributed by atoms with E-state index in [1.807, 2.05) is 0 Å². The molecule has 2 atom stereocenters. The maximum Gasteiger partial charge on any atom is 0.407 e. The molecule has 6 nitrogen and oxygen atoms in total. The van der Waals surface area contributed by atoms with Gasteiger partial charge in [-0.05, 0) is 73.6 Å². The molecule has 0 spiro atoms. The van der Waals surface area contributed by atoms with Gasteiger partial charge in [0.1, 0.15) is 11.4 Å². The van der Waals surface area contributed by atoms with Gasteiger partial charge in [0.2, 0.25) is 0 Å². The van der Waals surface area contributed by atoms with Crippen molar-refractivity contribution in [2.24, 2.45) is 0 Å². The summed E-state index contributed by atoms with van der Waals surface area (Å²) in [6.07, 6.45) is 0.360. The van der Waals surface area contributed by atoms with E-state index in [-0.39, 0.29) is 34.4 Å². The zero-order valence-electron chi connectivity index (χ0n) is 15.8. The van der Waals surface area contributed by atoms with Gasteiger partial charge in [-0.1, -0.05) is 0 Å². The maximum atomic E-state index is 13.7. The molecule has 8 heteroatoms. The molecule has 0 fully saturated rings. The molecule has 148 valence electrons. The second-order valence-electron chi connectivity index (χ2n) is 7.56. The standard InChI is InChI=1S/C19H24BrFN2O4/c1-11(22-18(26)27-19(2,3)4)7-13(24)10-23-6-5-12-8-15(20)16(21)9-14(12)17(23)25/h5-6,8-9,11,13,24H,7,10H2,1-4H3,(H,22,26). The number of benzene rings is 1. The Morgan fingerprint density at radius 2 is 2.07 bits per heavy atom. The van der Waals surface area contributed by atoms with E-state index in [1.54, 1.807) is 46.0 Å². The molecular formula is C19H24BrFN2O4. The van der Waals surface area contributed by atoms with E-state index in [0.29, 0.717) is 5.39 Å². The Morgan fingerprint density at radius 1 is 1.41 bits per heavy atom. The van der Waals surface area contributed by atoms with Crippen molar-refractivity contribution in [2.45, 2.75) is 58.4 Å². The highest BCUT2D eigenvalue weighted by molar-refractivity contribution is 9.10. The van der Waals surface area contributed by atoms with Crippen LogP contribution in [0.25, 0.3) is 10.8 Å². The van der Waals surface area contributed by atoms with Crippen LogP contribution < -0.4 is 10.9 Å². The Balaban J connectivity index is 2.04. The van der Waals surface area contributed by atoms with Crippen molar-refractivity contribution in [1.29, 1.82) is 0 Å². The number of pyridine rings is 1. The summed E-state index contributed by atoms with van der Waals surface area (Å²) in [5.74, 6) is -0.520. The Hall–Kier alpha value is -1.93. The molecule has 1 amide bonds. The molecule has 1 heterocycles. The van der Waals surface area contributed by atoms with E-state index >= 15 is 0 Å². The number of hydrogen-bond donors (Lipinski definition) is 2. The zero-order valence-corrected chi connectivity index (χ0v) is 17.3. The summed E-state index contributed by atoms with van der Waals surface area (Å²) in [7, 11) is 0. The summed E-state index contributed by atoms with van der Waals surface area (Å²) in [5.41, 5.74) is -0.990. The molecule has 2 aromatic rings. The number of carbonyl (C=O) groups excluding carboxylic acids is 1. The monoisotopic (exact) mass is 442 g/mol. The van der Waals surface area contributed by atoms with Crippen molar-refractivity contribution >= 4 is 32.8 Å². The van der Waals surface area contributed by atoms with Crippen LogP contribution >= 0.6 is 15.9 Å². The highest BCUT2D eigenvalue weighted by atomic mass is 79.9. The van der Waals surface area contributed by atoms with Gasteiger partial charge in [-0.25, -0.2) is 9.18 Å². The van der Waals surface area contributed by atoms with Gasteiger partial charge in [0, 0.05) is 12.2 Å². The van der Waals surface area contributed by atoms with Crippen LogP contribution in [-0.4, -0.2) is 33.5 Å². The number of fused-ring (bicyclic) bond motifs is 1. The van der Waals surface area contributed by atoms with Crippen LogP contribution in [0, 0.1) is 5.82 Å². The van der Waals surface area contributed by atoms with Gasteiger partial charge < -0.3 is 19.7 Å². The average Bonchev–Trinajstić information content (AvgIpc) is 2.50.